The number of rotatable bonds is 9. The van der Waals surface area contributed by atoms with Crippen LogP contribution in [-0.4, -0.2) is 30.2 Å². The summed E-state index contributed by atoms with van der Waals surface area (Å²) in [5.41, 5.74) is 1.95. The van der Waals surface area contributed by atoms with Crippen LogP contribution in [0.25, 0.3) is 10.9 Å². The van der Waals surface area contributed by atoms with Crippen LogP contribution in [0.5, 0.6) is 5.75 Å². The second kappa shape index (κ2) is 9.89. The summed E-state index contributed by atoms with van der Waals surface area (Å²) < 4.78 is 42.8. The van der Waals surface area contributed by atoms with E-state index in [1.54, 1.807) is 6.20 Å². The van der Waals surface area contributed by atoms with E-state index >= 15 is 0 Å². The van der Waals surface area contributed by atoms with Crippen molar-refractivity contribution in [2.24, 2.45) is 4.99 Å². The summed E-state index contributed by atoms with van der Waals surface area (Å²) in [6, 6.07) is 15.3. The van der Waals surface area contributed by atoms with Crippen molar-refractivity contribution in [3.05, 3.63) is 65.3 Å². The van der Waals surface area contributed by atoms with Crippen LogP contribution in [0.3, 0.4) is 0 Å². The van der Waals surface area contributed by atoms with Crippen molar-refractivity contribution in [1.82, 2.24) is 4.98 Å². The van der Waals surface area contributed by atoms with Gasteiger partial charge in [0.1, 0.15) is 5.75 Å². The van der Waals surface area contributed by atoms with Gasteiger partial charge in [0, 0.05) is 12.7 Å². The smallest absolute Gasteiger partial charge is 0.419 e. The fraction of sp³-hybridized carbons (Fsp3) is 0.318. The number of hydrogen-bond acceptors (Lipinski definition) is 3. The summed E-state index contributed by atoms with van der Waals surface area (Å²) >= 11 is 6.23. The average molecular weight is 438 g/mol. The minimum atomic E-state index is -4.91. The molecule has 0 bridgehead atoms. The van der Waals surface area contributed by atoms with Crippen LogP contribution in [0.2, 0.25) is 5.02 Å². The van der Waals surface area contributed by atoms with E-state index in [-0.39, 0.29) is 12.5 Å². The molecule has 1 aromatic heterocycles. The van der Waals surface area contributed by atoms with Crippen molar-refractivity contribution in [1.29, 1.82) is 0 Å². The molecule has 0 aliphatic heterocycles. The highest BCUT2D eigenvalue weighted by Crippen LogP contribution is 2.33. The Morgan fingerprint density at radius 1 is 1.10 bits per heavy atom. The van der Waals surface area contributed by atoms with Crippen molar-refractivity contribution in [3.8, 4) is 5.75 Å². The van der Waals surface area contributed by atoms with Crippen molar-refractivity contribution in [3.63, 3.8) is 0 Å². The summed E-state index contributed by atoms with van der Waals surface area (Å²) in [4.78, 5) is 6.19. The second-order valence-corrected chi connectivity index (χ2v) is 7.29. The molecule has 1 unspecified atom stereocenters. The third-order valence-corrected chi connectivity index (χ3v) is 5.12. The van der Waals surface area contributed by atoms with Gasteiger partial charge in [0.15, 0.2) is 0 Å². The van der Waals surface area contributed by atoms with Crippen LogP contribution >= 0.6 is 11.6 Å². The number of benzene rings is 2. The molecule has 0 aliphatic rings. The Labute approximate surface area is 177 Å². The molecule has 160 valence electrons. The fourth-order valence-corrected chi connectivity index (χ4v) is 3.60. The molecule has 8 heteroatoms. The monoisotopic (exact) mass is 437 g/mol. The Bertz CT molecular complexity index is 987. The van der Waals surface area contributed by atoms with Crippen molar-refractivity contribution < 1.29 is 23.0 Å². The third kappa shape index (κ3) is 5.69. The van der Waals surface area contributed by atoms with Gasteiger partial charge in [-0.05, 0) is 42.9 Å². The molecular weight excluding hydrogens is 417 g/mol. The highest BCUT2D eigenvalue weighted by molar-refractivity contribution is 6.36. The van der Waals surface area contributed by atoms with Crippen LogP contribution in [0.1, 0.15) is 30.7 Å². The van der Waals surface area contributed by atoms with E-state index in [9.17, 15) is 18.3 Å². The molecule has 4 nitrogen and oxygen atoms in total. The number of nitrogens with one attached hydrogen (secondary N) is 1. The first-order chi connectivity index (χ1) is 14.4. The van der Waals surface area contributed by atoms with Gasteiger partial charge in [0.05, 0.1) is 28.4 Å². The first kappa shape index (κ1) is 22.0. The van der Waals surface area contributed by atoms with Crippen LogP contribution in [0.4, 0.5) is 13.2 Å². The maximum atomic E-state index is 12.3. The molecule has 0 radical (unpaired) electrons. The molecule has 3 aromatic rings. The first-order valence-electron chi connectivity index (χ1n) is 9.58. The van der Waals surface area contributed by atoms with Gasteiger partial charge >= 0.3 is 6.18 Å². The molecule has 1 N–H and O–H groups in total. The Morgan fingerprint density at radius 3 is 2.60 bits per heavy atom. The zero-order valence-electron chi connectivity index (χ0n) is 16.1. The standard InChI is InChI=1S/C22H22ClF3N2O2/c23-17-14-28-18-9-4-10-19(20(17)18)30-13-11-16(15-6-2-1-3-7-15)8-5-12-27-21(29)22(24,25)26/h1-4,6-7,9-10,14,16,28H,5,8,11-13H2,(H,27,29)/p-1. The zero-order valence-corrected chi connectivity index (χ0v) is 16.8. The highest BCUT2D eigenvalue weighted by Gasteiger charge is 2.27. The largest absolute Gasteiger partial charge is 0.856 e. The summed E-state index contributed by atoms with van der Waals surface area (Å²) in [6.45, 7) is 0.263. The van der Waals surface area contributed by atoms with Gasteiger partial charge in [-0.1, -0.05) is 48.0 Å². The quantitative estimate of drug-likeness (QED) is 0.274. The van der Waals surface area contributed by atoms with Crippen LogP contribution in [0.15, 0.2) is 59.7 Å². The highest BCUT2D eigenvalue weighted by atomic mass is 35.5. The number of ether oxygens (including phenoxy) is 1. The molecule has 0 spiro atoms. The molecular formula is C22H21ClF3N2O2-. The van der Waals surface area contributed by atoms with Gasteiger partial charge < -0.3 is 14.8 Å². The lowest BCUT2D eigenvalue weighted by Gasteiger charge is -2.18. The lowest BCUT2D eigenvalue weighted by atomic mass is 9.91. The van der Waals surface area contributed by atoms with Crippen molar-refractivity contribution in [2.45, 2.75) is 31.4 Å². The van der Waals surface area contributed by atoms with Crippen LogP contribution < -0.4 is 9.84 Å². The van der Waals surface area contributed by atoms with Gasteiger partial charge in [-0.2, -0.15) is 13.2 Å². The average Bonchev–Trinajstić information content (AvgIpc) is 3.11. The van der Waals surface area contributed by atoms with Gasteiger partial charge in [0.25, 0.3) is 0 Å². The summed E-state index contributed by atoms with van der Waals surface area (Å²) in [6.07, 6.45) is -1.57. The van der Waals surface area contributed by atoms with Gasteiger partial charge in [-0.3, -0.25) is 4.99 Å². The van der Waals surface area contributed by atoms with E-state index in [4.69, 9.17) is 16.3 Å². The lowest BCUT2D eigenvalue weighted by molar-refractivity contribution is -0.262. The van der Waals surface area contributed by atoms with E-state index in [0.717, 1.165) is 16.5 Å². The lowest BCUT2D eigenvalue weighted by Crippen LogP contribution is -2.35. The number of aromatic amines is 1. The summed E-state index contributed by atoms with van der Waals surface area (Å²) in [5.74, 6) is -1.28. The molecule has 1 atom stereocenters. The number of nitrogens with zero attached hydrogens (tertiary/aromatic N) is 1. The van der Waals surface area contributed by atoms with Crippen LogP contribution in [0, 0.1) is 0 Å². The Balaban J connectivity index is 1.61. The number of alkyl halides is 3. The number of fused-ring (bicyclic) bond motifs is 1. The molecule has 2 aromatic carbocycles. The SMILES string of the molecule is [O-]C(=NCCCC(CCOc1cccc2[nH]cc(Cl)c12)c1ccccc1)C(F)(F)F. The minimum absolute atomic E-state index is 0.0725. The number of halogens is 4. The minimum Gasteiger partial charge on any atom is -0.856 e. The number of aromatic nitrogens is 1. The summed E-state index contributed by atoms with van der Waals surface area (Å²) in [7, 11) is 0. The first-order valence-corrected chi connectivity index (χ1v) is 9.96. The molecule has 0 saturated carbocycles. The maximum absolute atomic E-state index is 12.3. The Kier molecular flexibility index (Phi) is 7.26. The van der Waals surface area contributed by atoms with Gasteiger partial charge in [0.2, 0.25) is 0 Å². The Hall–Kier alpha value is -2.67. The molecule has 0 fully saturated rings. The number of hydrogen-bond donors (Lipinski definition) is 1. The maximum Gasteiger partial charge on any atom is 0.419 e. The predicted octanol–water partition coefficient (Wildman–Crippen LogP) is 5.48. The molecule has 30 heavy (non-hydrogen) atoms. The van der Waals surface area contributed by atoms with Gasteiger partial charge in [-0.15, -0.1) is 0 Å². The van der Waals surface area contributed by atoms with E-state index in [2.05, 4.69) is 9.98 Å². The van der Waals surface area contributed by atoms with E-state index < -0.39 is 12.1 Å². The van der Waals surface area contributed by atoms with Crippen LogP contribution in [-0.2, 0) is 0 Å². The van der Waals surface area contributed by atoms with Crippen molar-refractivity contribution >= 4 is 28.4 Å². The zero-order chi connectivity index (χ0) is 21.6. The molecule has 1 heterocycles. The normalized spacial score (nSPS) is 13.5. The molecule has 0 aliphatic carbocycles. The van der Waals surface area contributed by atoms with E-state index in [1.165, 1.54) is 0 Å². The molecule has 3 rings (SSSR count). The molecule has 0 amide bonds. The third-order valence-electron chi connectivity index (χ3n) is 4.82. The van der Waals surface area contributed by atoms with E-state index in [1.807, 2.05) is 48.5 Å². The van der Waals surface area contributed by atoms with E-state index in [0.29, 0.717) is 36.6 Å². The summed E-state index contributed by atoms with van der Waals surface area (Å²) in [5, 5.41) is 12.3. The van der Waals surface area contributed by atoms with Gasteiger partial charge in [-0.25, -0.2) is 0 Å². The fourth-order valence-electron chi connectivity index (χ4n) is 3.35. The Morgan fingerprint density at radius 2 is 1.87 bits per heavy atom. The number of H-pyrrole nitrogens is 1. The van der Waals surface area contributed by atoms with Crippen molar-refractivity contribution in [2.75, 3.05) is 13.2 Å². The molecule has 0 saturated heterocycles. The predicted molar refractivity (Wildman–Crippen MR) is 110 cm³/mol. The number of aliphatic imine (C=N–C) groups is 1. The second-order valence-electron chi connectivity index (χ2n) is 6.89. The topological polar surface area (TPSA) is 60.4 Å².